The van der Waals surface area contributed by atoms with Gasteiger partial charge in [-0.1, -0.05) is 40.8 Å². The smallest absolute Gasteiger partial charge is 0.325 e. The van der Waals surface area contributed by atoms with Crippen LogP contribution in [0.2, 0.25) is 5.02 Å². The lowest BCUT2D eigenvalue weighted by atomic mass is 10.2. The number of hydrogen-bond donors (Lipinski definition) is 2. The molecule has 9 nitrogen and oxygen atoms in total. The molecule has 0 spiro atoms. The van der Waals surface area contributed by atoms with Crippen molar-refractivity contribution in [1.29, 1.82) is 0 Å². The van der Waals surface area contributed by atoms with E-state index in [0.29, 0.717) is 43.0 Å². The van der Waals surface area contributed by atoms with E-state index in [1.807, 2.05) is 13.0 Å². The van der Waals surface area contributed by atoms with Crippen molar-refractivity contribution in [1.82, 2.24) is 19.8 Å². The molecule has 0 radical (unpaired) electrons. The Balaban J connectivity index is 1.36. The predicted octanol–water partition coefficient (Wildman–Crippen LogP) is 4.35. The zero-order chi connectivity index (χ0) is 21.3. The number of nitrogens with zero attached hydrogens (tertiary/aromatic N) is 4. The van der Waals surface area contributed by atoms with Crippen LogP contribution in [0.25, 0.3) is 5.65 Å². The summed E-state index contributed by atoms with van der Waals surface area (Å²) in [5.74, 6) is 1.04. The maximum absolute atomic E-state index is 12.1. The molecule has 0 aliphatic carbocycles. The van der Waals surface area contributed by atoms with Crippen LogP contribution >= 0.6 is 34.7 Å². The minimum Gasteiger partial charge on any atom is -0.375 e. The fraction of sp³-hybridized carbons (Fsp3) is 0.167. The number of aryl methyl sites for hydroxylation is 2. The largest absolute Gasteiger partial charge is 0.375 e. The SMILES string of the molecule is Cc1cc2nc(CSc3nnc(NC(=O)Nc4ccc(C)c(Cl)c4)s3)cc(=O)n2o1. The number of carbonyl (C=O) groups excluding carboxylic acids is 1. The standard InChI is InChI=1S/C18H15ClN6O3S2/c1-9-3-4-11(6-13(9)19)21-16(27)22-17-23-24-18(30-17)29-8-12-7-15(26)25-14(20-12)5-10(2)28-25/h3-7H,8H2,1-2H3,(H2,21,22,23,27). The summed E-state index contributed by atoms with van der Waals surface area (Å²) in [4.78, 5) is 28.6. The molecule has 2 amide bonds. The van der Waals surface area contributed by atoms with E-state index in [9.17, 15) is 9.59 Å². The third kappa shape index (κ3) is 4.64. The quantitative estimate of drug-likeness (QED) is 0.334. The second kappa shape index (κ2) is 8.46. The molecule has 1 aromatic carbocycles. The third-order valence-corrected chi connectivity index (χ3v) is 6.34. The normalized spacial score (nSPS) is 11.0. The van der Waals surface area contributed by atoms with E-state index in [2.05, 4.69) is 25.8 Å². The van der Waals surface area contributed by atoms with E-state index in [-0.39, 0.29) is 5.56 Å². The molecule has 0 aliphatic heterocycles. The topological polar surface area (TPSA) is 114 Å². The van der Waals surface area contributed by atoms with Crippen molar-refractivity contribution in [3.63, 3.8) is 0 Å². The summed E-state index contributed by atoms with van der Waals surface area (Å²) in [6.45, 7) is 3.63. The Morgan fingerprint density at radius 1 is 1.23 bits per heavy atom. The molecule has 154 valence electrons. The average molecular weight is 463 g/mol. The summed E-state index contributed by atoms with van der Waals surface area (Å²) in [5.41, 5.74) is 2.28. The number of hydrogen-bond acceptors (Lipinski definition) is 8. The molecule has 2 N–H and O–H groups in total. The number of carbonyl (C=O) groups is 1. The Bertz CT molecular complexity index is 1300. The van der Waals surface area contributed by atoms with Gasteiger partial charge in [-0.05, 0) is 31.5 Å². The molecule has 12 heteroatoms. The van der Waals surface area contributed by atoms with Crippen LogP contribution in [-0.4, -0.2) is 25.8 Å². The second-order valence-electron chi connectivity index (χ2n) is 6.29. The average Bonchev–Trinajstić information content (AvgIpc) is 3.29. The van der Waals surface area contributed by atoms with E-state index in [1.165, 1.54) is 29.2 Å². The number of nitrogens with one attached hydrogen (secondary N) is 2. The Morgan fingerprint density at radius 3 is 2.87 bits per heavy atom. The monoisotopic (exact) mass is 462 g/mol. The molecule has 30 heavy (non-hydrogen) atoms. The molecule has 0 fully saturated rings. The van der Waals surface area contributed by atoms with Crippen LogP contribution in [0.15, 0.2) is 44.0 Å². The summed E-state index contributed by atoms with van der Waals surface area (Å²) < 4.78 is 7.06. The third-order valence-electron chi connectivity index (χ3n) is 3.92. The van der Waals surface area contributed by atoms with Crippen LogP contribution in [0.5, 0.6) is 0 Å². The summed E-state index contributed by atoms with van der Waals surface area (Å²) >= 11 is 8.65. The molecular weight excluding hydrogens is 448 g/mol. The first-order chi connectivity index (χ1) is 14.4. The van der Waals surface area contributed by atoms with Crippen LogP contribution in [0.4, 0.5) is 15.6 Å². The molecule has 0 atom stereocenters. The second-order valence-corrected chi connectivity index (χ2v) is 8.90. The minimum absolute atomic E-state index is 0.281. The molecule has 0 aliphatic rings. The van der Waals surface area contributed by atoms with Crippen LogP contribution < -0.4 is 16.2 Å². The highest BCUT2D eigenvalue weighted by Gasteiger charge is 2.11. The number of benzene rings is 1. The van der Waals surface area contributed by atoms with Crippen LogP contribution in [0, 0.1) is 13.8 Å². The van der Waals surface area contributed by atoms with Gasteiger partial charge in [-0.25, -0.2) is 9.78 Å². The van der Waals surface area contributed by atoms with Crippen LogP contribution in [0.3, 0.4) is 0 Å². The van der Waals surface area contributed by atoms with Gasteiger partial charge in [-0.15, -0.1) is 14.8 Å². The van der Waals surface area contributed by atoms with Gasteiger partial charge in [0.1, 0.15) is 5.76 Å². The summed E-state index contributed by atoms with van der Waals surface area (Å²) in [7, 11) is 0. The van der Waals surface area contributed by atoms with E-state index in [1.54, 1.807) is 25.1 Å². The Kier molecular flexibility index (Phi) is 5.75. The Hall–Kier alpha value is -2.89. The zero-order valence-electron chi connectivity index (χ0n) is 15.8. The highest BCUT2D eigenvalue weighted by molar-refractivity contribution is 8.00. The number of rotatable bonds is 5. The number of halogens is 1. The number of thioether (sulfide) groups is 1. The van der Waals surface area contributed by atoms with Gasteiger partial charge in [0.15, 0.2) is 9.99 Å². The van der Waals surface area contributed by atoms with Crippen LogP contribution in [0.1, 0.15) is 17.0 Å². The van der Waals surface area contributed by atoms with Crippen molar-refractivity contribution < 1.29 is 9.32 Å². The van der Waals surface area contributed by atoms with Gasteiger partial charge in [0.2, 0.25) is 5.13 Å². The zero-order valence-corrected chi connectivity index (χ0v) is 18.2. The molecule has 4 aromatic rings. The molecule has 0 saturated carbocycles. The molecule has 0 unspecified atom stereocenters. The maximum atomic E-state index is 12.1. The molecule has 0 saturated heterocycles. The Labute approximate surface area is 183 Å². The fourth-order valence-corrected chi connectivity index (χ4v) is 4.35. The minimum atomic E-state index is -0.446. The summed E-state index contributed by atoms with van der Waals surface area (Å²) in [6.07, 6.45) is 0. The number of fused-ring (bicyclic) bond motifs is 1. The number of aromatic nitrogens is 4. The van der Waals surface area contributed by atoms with Crippen molar-refractivity contribution in [3.05, 3.63) is 62.7 Å². The van der Waals surface area contributed by atoms with Crippen molar-refractivity contribution in [2.75, 3.05) is 10.6 Å². The fourth-order valence-electron chi connectivity index (χ4n) is 2.53. The molecular formula is C18H15ClN6O3S2. The first-order valence-electron chi connectivity index (χ1n) is 8.67. The van der Waals surface area contributed by atoms with E-state index in [0.717, 1.165) is 10.1 Å². The van der Waals surface area contributed by atoms with Crippen molar-refractivity contribution >= 4 is 57.2 Å². The van der Waals surface area contributed by atoms with Gasteiger partial charge in [-0.2, -0.15) is 0 Å². The lowest BCUT2D eigenvalue weighted by Gasteiger charge is -2.06. The number of urea groups is 1. The maximum Gasteiger partial charge on any atom is 0.325 e. The summed E-state index contributed by atoms with van der Waals surface area (Å²) in [5, 5.41) is 14.3. The van der Waals surface area contributed by atoms with E-state index in [4.69, 9.17) is 16.1 Å². The summed E-state index contributed by atoms with van der Waals surface area (Å²) in [6, 6.07) is 7.92. The van der Waals surface area contributed by atoms with Crippen molar-refractivity contribution in [3.8, 4) is 0 Å². The molecule has 0 bridgehead atoms. The Morgan fingerprint density at radius 2 is 2.07 bits per heavy atom. The van der Waals surface area contributed by atoms with E-state index >= 15 is 0 Å². The van der Waals surface area contributed by atoms with E-state index < -0.39 is 6.03 Å². The number of amides is 2. The van der Waals surface area contributed by atoms with Crippen LogP contribution in [-0.2, 0) is 5.75 Å². The van der Waals surface area contributed by atoms with Gasteiger partial charge in [0.05, 0.1) is 5.69 Å². The van der Waals surface area contributed by atoms with Gasteiger partial charge in [0, 0.05) is 28.6 Å². The lowest BCUT2D eigenvalue weighted by Crippen LogP contribution is -2.19. The van der Waals surface area contributed by atoms with Gasteiger partial charge in [-0.3, -0.25) is 10.1 Å². The number of anilines is 2. The lowest BCUT2D eigenvalue weighted by molar-refractivity contribution is 0.262. The molecule has 3 aromatic heterocycles. The first kappa shape index (κ1) is 20.4. The van der Waals surface area contributed by atoms with Crippen molar-refractivity contribution in [2.45, 2.75) is 23.9 Å². The van der Waals surface area contributed by atoms with Gasteiger partial charge >= 0.3 is 6.03 Å². The van der Waals surface area contributed by atoms with Gasteiger partial charge in [0.25, 0.3) is 5.56 Å². The molecule has 3 heterocycles. The molecule has 4 rings (SSSR count). The highest BCUT2D eigenvalue weighted by atomic mass is 35.5. The van der Waals surface area contributed by atoms with Gasteiger partial charge < -0.3 is 9.84 Å². The highest BCUT2D eigenvalue weighted by Crippen LogP contribution is 2.28. The van der Waals surface area contributed by atoms with Crippen molar-refractivity contribution in [2.24, 2.45) is 0 Å². The predicted molar refractivity (Wildman–Crippen MR) is 117 cm³/mol. The first-order valence-corrected chi connectivity index (χ1v) is 10.9.